The molecule has 0 aromatic heterocycles. The number of benzene rings is 2. The van der Waals surface area contributed by atoms with E-state index in [0.717, 1.165) is 11.3 Å². The third-order valence-electron chi connectivity index (χ3n) is 3.38. The summed E-state index contributed by atoms with van der Waals surface area (Å²) in [7, 11) is 0. The van der Waals surface area contributed by atoms with Crippen LogP contribution in [0.15, 0.2) is 42.5 Å². The highest BCUT2D eigenvalue weighted by Gasteiger charge is 2.18. The molecule has 1 aliphatic rings. The van der Waals surface area contributed by atoms with Gasteiger partial charge < -0.3 is 5.32 Å². The van der Waals surface area contributed by atoms with Crippen molar-refractivity contribution in [1.29, 1.82) is 0 Å². The largest absolute Gasteiger partial charge is 0.326 e. The average Bonchev–Trinajstić information content (AvgIpc) is 2.46. The van der Waals surface area contributed by atoms with Crippen LogP contribution in [0, 0.1) is 0 Å². The molecule has 1 amide bonds. The minimum absolute atomic E-state index is 0.0164. The van der Waals surface area contributed by atoms with Gasteiger partial charge in [-0.3, -0.25) is 9.59 Å². The summed E-state index contributed by atoms with van der Waals surface area (Å²) in [5, 5.41) is 3.25. The molecule has 100 valence electrons. The first-order valence-electron chi connectivity index (χ1n) is 6.37. The van der Waals surface area contributed by atoms with Crippen LogP contribution in [-0.2, 0) is 11.2 Å². The number of aryl methyl sites for hydroxylation is 1. The van der Waals surface area contributed by atoms with E-state index in [1.807, 2.05) is 6.07 Å². The number of amides is 1. The van der Waals surface area contributed by atoms with Gasteiger partial charge in [0.05, 0.1) is 5.02 Å². The Morgan fingerprint density at radius 1 is 1.10 bits per heavy atom. The first-order chi connectivity index (χ1) is 9.65. The van der Waals surface area contributed by atoms with Crippen molar-refractivity contribution in [3.8, 4) is 0 Å². The molecule has 2 aromatic rings. The second kappa shape index (κ2) is 5.10. The Bertz CT molecular complexity index is 709. The lowest BCUT2D eigenvalue weighted by Gasteiger charge is -2.17. The maximum absolute atomic E-state index is 12.4. The van der Waals surface area contributed by atoms with Gasteiger partial charge in [-0.2, -0.15) is 0 Å². The van der Waals surface area contributed by atoms with Gasteiger partial charge in [-0.25, -0.2) is 0 Å². The summed E-state index contributed by atoms with van der Waals surface area (Å²) in [6.07, 6.45) is 1.11. The lowest BCUT2D eigenvalue weighted by atomic mass is 9.96. The monoisotopic (exact) mass is 285 g/mol. The van der Waals surface area contributed by atoms with Gasteiger partial charge in [0.25, 0.3) is 0 Å². The number of fused-ring (bicyclic) bond motifs is 1. The number of nitrogens with one attached hydrogen (secondary N) is 1. The van der Waals surface area contributed by atoms with E-state index in [-0.39, 0.29) is 11.7 Å². The van der Waals surface area contributed by atoms with Crippen LogP contribution in [0.2, 0.25) is 5.02 Å². The van der Waals surface area contributed by atoms with E-state index >= 15 is 0 Å². The highest BCUT2D eigenvalue weighted by Crippen LogP contribution is 2.26. The molecule has 0 radical (unpaired) electrons. The van der Waals surface area contributed by atoms with E-state index in [9.17, 15) is 9.59 Å². The summed E-state index contributed by atoms with van der Waals surface area (Å²) in [5.41, 5.74) is 2.86. The molecule has 2 aromatic carbocycles. The second-order valence-electron chi connectivity index (χ2n) is 4.73. The van der Waals surface area contributed by atoms with Gasteiger partial charge in [0.15, 0.2) is 5.78 Å². The number of ketones is 1. The molecule has 0 bridgehead atoms. The van der Waals surface area contributed by atoms with E-state index in [1.165, 1.54) is 0 Å². The molecule has 0 unspecified atom stereocenters. The Kier molecular flexibility index (Phi) is 3.28. The van der Waals surface area contributed by atoms with Crippen LogP contribution in [0.3, 0.4) is 0 Å². The van der Waals surface area contributed by atoms with Crippen LogP contribution in [0.4, 0.5) is 5.69 Å². The molecule has 1 heterocycles. The zero-order valence-corrected chi connectivity index (χ0v) is 11.4. The lowest BCUT2D eigenvalue weighted by Crippen LogP contribution is -2.19. The van der Waals surface area contributed by atoms with Gasteiger partial charge in [0.1, 0.15) is 0 Å². The third kappa shape index (κ3) is 2.32. The van der Waals surface area contributed by atoms with Gasteiger partial charge in [-0.15, -0.1) is 0 Å². The number of anilines is 1. The SMILES string of the molecule is O=C1CCc2cc(C(=O)c3ccccc3Cl)ccc2N1. The molecule has 3 nitrogen and oxygen atoms in total. The van der Waals surface area contributed by atoms with Gasteiger partial charge >= 0.3 is 0 Å². The molecular weight excluding hydrogens is 274 g/mol. The molecule has 1 N–H and O–H groups in total. The Labute approximate surface area is 121 Å². The van der Waals surface area contributed by atoms with Gasteiger partial charge in [0, 0.05) is 23.2 Å². The van der Waals surface area contributed by atoms with Crippen molar-refractivity contribution < 1.29 is 9.59 Å². The number of carbonyl (C=O) groups is 2. The van der Waals surface area contributed by atoms with Gasteiger partial charge in [-0.1, -0.05) is 23.7 Å². The number of rotatable bonds is 2. The van der Waals surface area contributed by atoms with E-state index in [2.05, 4.69) is 5.32 Å². The third-order valence-corrected chi connectivity index (χ3v) is 3.71. The quantitative estimate of drug-likeness (QED) is 0.859. The van der Waals surface area contributed by atoms with Crippen LogP contribution in [0.5, 0.6) is 0 Å². The first kappa shape index (κ1) is 12.9. The zero-order chi connectivity index (χ0) is 14.1. The van der Waals surface area contributed by atoms with Crippen LogP contribution < -0.4 is 5.32 Å². The van der Waals surface area contributed by atoms with Crippen molar-refractivity contribution in [2.45, 2.75) is 12.8 Å². The summed E-state index contributed by atoms with van der Waals surface area (Å²) >= 11 is 6.05. The maximum atomic E-state index is 12.4. The lowest BCUT2D eigenvalue weighted by molar-refractivity contribution is -0.116. The van der Waals surface area contributed by atoms with Crippen LogP contribution in [0.1, 0.15) is 27.9 Å². The molecule has 0 saturated heterocycles. The molecule has 4 heteroatoms. The maximum Gasteiger partial charge on any atom is 0.224 e. The van der Waals surface area contributed by atoms with Crippen molar-refractivity contribution in [2.24, 2.45) is 0 Å². The molecule has 0 aliphatic carbocycles. The Balaban J connectivity index is 1.98. The first-order valence-corrected chi connectivity index (χ1v) is 6.75. The number of carbonyl (C=O) groups excluding carboxylic acids is 2. The minimum Gasteiger partial charge on any atom is -0.326 e. The van der Waals surface area contributed by atoms with Crippen molar-refractivity contribution in [1.82, 2.24) is 0 Å². The van der Waals surface area contributed by atoms with Gasteiger partial charge in [-0.05, 0) is 42.3 Å². The second-order valence-corrected chi connectivity index (χ2v) is 5.14. The van der Waals surface area contributed by atoms with Crippen LogP contribution in [0.25, 0.3) is 0 Å². The fourth-order valence-corrected chi connectivity index (χ4v) is 2.55. The average molecular weight is 286 g/mol. The molecule has 0 spiro atoms. The Morgan fingerprint density at radius 2 is 1.90 bits per heavy atom. The van der Waals surface area contributed by atoms with E-state index in [0.29, 0.717) is 29.0 Å². The van der Waals surface area contributed by atoms with Crippen molar-refractivity contribution in [3.05, 3.63) is 64.2 Å². The molecule has 3 rings (SSSR count). The number of halogens is 1. The van der Waals surface area contributed by atoms with E-state index < -0.39 is 0 Å². The molecule has 20 heavy (non-hydrogen) atoms. The minimum atomic E-state index is -0.102. The number of hydrogen-bond acceptors (Lipinski definition) is 2. The normalized spacial score (nSPS) is 13.6. The summed E-state index contributed by atoms with van der Waals surface area (Å²) in [5.74, 6) is -0.0852. The highest BCUT2D eigenvalue weighted by molar-refractivity contribution is 6.35. The predicted octanol–water partition coefficient (Wildman–Crippen LogP) is 3.46. The van der Waals surface area contributed by atoms with Gasteiger partial charge in [0.2, 0.25) is 5.91 Å². The summed E-state index contributed by atoms with van der Waals surface area (Å²) in [6.45, 7) is 0. The van der Waals surface area contributed by atoms with Crippen LogP contribution in [-0.4, -0.2) is 11.7 Å². The Morgan fingerprint density at radius 3 is 2.70 bits per heavy atom. The smallest absolute Gasteiger partial charge is 0.224 e. The van der Waals surface area contributed by atoms with Crippen molar-refractivity contribution >= 4 is 29.0 Å². The molecular formula is C16H12ClNO2. The van der Waals surface area contributed by atoms with Crippen molar-refractivity contribution in [3.63, 3.8) is 0 Å². The Hall–Kier alpha value is -2.13. The molecule has 0 atom stereocenters. The standard InChI is InChI=1S/C16H12ClNO2/c17-13-4-2-1-3-12(13)16(20)11-5-7-14-10(9-11)6-8-15(19)18-14/h1-5,7,9H,6,8H2,(H,18,19). The van der Waals surface area contributed by atoms with E-state index in [4.69, 9.17) is 11.6 Å². The predicted molar refractivity (Wildman–Crippen MR) is 78.3 cm³/mol. The topological polar surface area (TPSA) is 46.2 Å². The van der Waals surface area contributed by atoms with Crippen molar-refractivity contribution in [2.75, 3.05) is 5.32 Å². The summed E-state index contributed by atoms with van der Waals surface area (Å²) < 4.78 is 0. The molecule has 0 saturated carbocycles. The zero-order valence-electron chi connectivity index (χ0n) is 10.7. The molecule has 0 fully saturated rings. The highest BCUT2D eigenvalue weighted by atomic mass is 35.5. The number of hydrogen-bond donors (Lipinski definition) is 1. The molecule has 1 aliphatic heterocycles. The summed E-state index contributed by atoms with van der Waals surface area (Å²) in [6, 6.07) is 12.3. The fraction of sp³-hybridized carbons (Fsp3) is 0.125. The summed E-state index contributed by atoms with van der Waals surface area (Å²) in [4.78, 5) is 23.8. The van der Waals surface area contributed by atoms with E-state index in [1.54, 1.807) is 36.4 Å². The fourth-order valence-electron chi connectivity index (χ4n) is 2.33. The van der Waals surface area contributed by atoms with Crippen LogP contribution >= 0.6 is 11.6 Å².